The van der Waals surface area contributed by atoms with Gasteiger partial charge in [-0.05, 0) is 6.92 Å². The van der Waals surface area contributed by atoms with E-state index in [0.29, 0.717) is 6.10 Å². The van der Waals surface area contributed by atoms with Crippen molar-refractivity contribution in [3.8, 4) is 0 Å². The summed E-state index contributed by atoms with van der Waals surface area (Å²) in [4.78, 5) is 0. The molecule has 1 aliphatic rings. The van der Waals surface area contributed by atoms with Gasteiger partial charge in [-0.3, -0.25) is 0 Å². The Labute approximate surface area is 39.3 Å². The van der Waals surface area contributed by atoms with E-state index in [1.165, 1.54) is 0 Å². The smallest absolute Gasteiger partial charge is 0.0781 e. The van der Waals surface area contributed by atoms with Crippen molar-refractivity contribution < 1.29 is 4.74 Å². The Kier molecular flexibility index (Phi) is 3.14. The zero-order valence-electron chi connectivity index (χ0n) is 4.69. The maximum atomic E-state index is 4.71. The van der Waals surface area contributed by atoms with Crippen LogP contribution >= 0.6 is 0 Å². The van der Waals surface area contributed by atoms with Crippen molar-refractivity contribution in [1.29, 1.82) is 0 Å². The van der Waals surface area contributed by atoms with Crippen LogP contribution in [0.4, 0.5) is 0 Å². The van der Waals surface area contributed by atoms with Gasteiger partial charge < -0.3 is 4.74 Å². The topological polar surface area (TPSA) is 12.5 Å². The molecule has 0 aromatic carbocycles. The highest BCUT2D eigenvalue weighted by Crippen LogP contribution is 2.04. The molecule has 0 aromatic rings. The average molecular weight is 88.2 g/mol. The Hall–Kier alpha value is -0.0400. The molecule has 0 saturated carbocycles. The number of epoxide rings is 1. The first-order valence-electron chi connectivity index (χ1n) is 2.51. The van der Waals surface area contributed by atoms with Gasteiger partial charge in [0.05, 0.1) is 12.7 Å². The number of hydrogen-bond acceptors (Lipinski definition) is 1. The zero-order chi connectivity index (χ0) is 4.99. The van der Waals surface area contributed by atoms with E-state index in [9.17, 15) is 0 Å². The summed E-state index contributed by atoms with van der Waals surface area (Å²) < 4.78 is 4.71. The van der Waals surface area contributed by atoms with Gasteiger partial charge >= 0.3 is 0 Å². The molecular weight excluding hydrogens is 76.1 g/mol. The summed E-state index contributed by atoms with van der Waals surface area (Å²) in [6.45, 7) is 7.04. The molecule has 1 heterocycles. The van der Waals surface area contributed by atoms with Crippen LogP contribution in [0.3, 0.4) is 0 Å². The lowest BCUT2D eigenvalue weighted by Crippen LogP contribution is -1.60. The third kappa shape index (κ3) is 3.96. The maximum absolute atomic E-state index is 4.71. The van der Waals surface area contributed by atoms with Gasteiger partial charge in [-0.1, -0.05) is 13.8 Å². The monoisotopic (exact) mass is 88.1 g/mol. The summed E-state index contributed by atoms with van der Waals surface area (Å²) in [5.41, 5.74) is 0. The van der Waals surface area contributed by atoms with Gasteiger partial charge in [0, 0.05) is 0 Å². The Morgan fingerprint density at radius 3 is 1.67 bits per heavy atom. The molecule has 1 nitrogen and oxygen atoms in total. The molecule has 0 spiro atoms. The van der Waals surface area contributed by atoms with Crippen LogP contribution in [0.1, 0.15) is 20.8 Å². The third-order valence-corrected chi connectivity index (χ3v) is 0.500. The standard InChI is InChI=1S/C3H6O.C2H6/c1-3-2-4-3;1-2/h3H,2H2,1H3;1-2H3/t3-;/m0./s1. The molecule has 0 amide bonds. The molecule has 0 bridgehead atoms. The fourth-order valence-electron chi connectivity index (χ4n) is 0.0962. The lowest BCUT2D eigenvalue weighted by atomic mass is 10.6. The molecule has 1 aliphatic heterocycles. The maximum Gasteiger partial charge on any atom is 0.0781 e. The highest BCUT2D eigenvalue weighted by atomic mass is 16.6. The summed E-state index contributed by atoms with van der Waals surface area (Å²) in [5.74, 6) is 0. The van der Waals surface area contributed by atoms with Gasteiger partial charge in [0.1, 0.15) is 0 Å². The molecule has 1 saturated heterocycles. The number of rotatable bonds is 0. The summed E-state index contributed by atoms with van der Waals surface area (Å²) in [5, 5.41) is 0. The number of hydrogen-bond donors (Lipinski definition) is 0. The van der Waals surface area contributed by atoms with Crippen molar-refractivity contribution in [1.82, 2.24) is 0 Å². The summed E-state index contributed by atoms with van der Waals surface area (Å²) >= 11 is 0. The van der Waals surface area contributed by atoms with Gasteiger partial charge in [0.15, 0.2) is 0 Å². The molecular formula is C5H12O. The summed E-state index contributed by atoms with van der Waals surface area (Å²) in [7, 11) is 0. The van der Waals surface area contributed by atoms with Crippen LogP contribution in [0.15, 0.2) is 0 Å². The third-order valence-electron chi connectivity index (χ3n) is 0.500. The highest BCUT2D eigenvalue weighted by Gasteiger charge is 2.13. The van der Waals surface area contributed by atoms with Crippen molar-refractivity contribution >= 4 is 0 Å². The summed E-state index contributed by atoms with van der Waals surface area (Å²) in [6.07, 6.45) is 0.583. The molecule has 1 heteroatoms. The fraction of sp³-hybridized carbons (Fsp3) is 1.00. The molecule has 0 radical (unpaired) electrons. The van der Waals surface area contributed by atoms with Crippen LogP contribution in [0.5, 0.6) is 0 Å². The normalized spacial score (nSPS) is 27.5. The van der Waals surface area contributed by atoms with Crippen molar-refractivity contribution in [2.24, 2.45) is 0 Å². The van der Waals surface area contributed by atoms with Gasteiger partial charge in [0.25, 0.3) is 0 Å². The van der Waals surface area contributed by atoms with Crippen molar-refractivity contribution in [2.45, 2.75) is 26.9 Å². The molecule has 38 valence electrons. The first-order valence-corrected chi connectivity index (χ1v) is 2.51. The van der Waals surface area contributed by atoms with Gasteiger partial charge in [-0.2, -0.15) is 0 Å². The van der Waals surface area contributed by atoms with Crippen LogP contribution in [-0.2, 0) is 4.74 Å². The molecule has 0 aliphatic carbocycles. The predicted octanol–water partition coefficient (Wildman–Crippen LogP) is 1.43. The predicted molar refractivity (Wildman–Crippen MR) is 26.8 cm³/mol. The van der Waals surface area contributed by atoms with E-state index < -0.39 is 0 Å². The van der Waals surface area contributed by atoms with E-state index >= 15 is 0 Å². The molecule has 0 N–H and O–H groups in total. The quantitative estimate of drug-likeness (QED) is 0.408. The van der Waals surface area contributed by atoms with Crippen molar-refractivity contribution in [3.05, 3.63) is 0 Å². The van der Waals surface area contributed by atoms with Gasteiger partial charge in [0.2, 0.25) is 0 Å². The molecule has 6 heavy (non-hydrogen) atoms. The second-order valence-electron chi connectivity index (χ2n) is 1.14. The van der Waals surface area contributed by atoms with Gasteiger partial charge in [-0.25, -0.2) is 0 Å². The second-order valence-corrected chi connectivity index (χ2v) is 1.14. The van der Waals surface area contributed by atoms with Crippen LogP contribution in [0, 0.1) is 0 Å². The zero-order valence-corrected chi connectivity index (χ0v) is 4.69. The molecule has 1 rings (SSSR count). The minimum Gasteiger partial charge on any atom is -0.373 e. The van der Waals surface area contributed by atoms with E-state index in [4.69, 9.17) is 4.74 Å². The Bertz CT molecular complexity index is 23.1. The van der Waals surface area contributed by atoms with Crippen LogP contribution in [0.2, 0.25) is 0 Å². The average Bonchev–Trinajstić information content (AvgIpc) is 2.30. The fourth-order valence-corrected chi connectivity index (χ4v) is 0.0962. The largest absolute Gasteiger partial charge is 0.373 e. The van der Waals surface area contributed by atoms with Crippen LogP contribution in [0.25, 0.3) is 0 Å². The van der Waals surface area contributed by atoms with Crippen LogP contribution < -0.4 is 0 Å². The molecule has 1 atom stereocenters. The molecule has 1 fully saturated rings. The van der Waals surface area contributed by atoms with E-state index in [1.54, 1.807) is 0 Å². The lowest BCUT2D eigenvalue weighted by Gasteiger charge is -1.50. The van der Waals surface area contributed by atoms with Crippen LogP contribution in [-0.4, -0.2) is 12.7 Å². The van der Waals surface area contributed by atoms with Gasteiger partial charge in [-0.15, -0.1) is 0 Å². The van der Waals surface area contributed by atoms with E-state index in [2.05, 4.69) is 6.92 Å². The van der Waals surface area contributed by atoms with Crippen molar-refractivity contribution in [2.75, 3.05) is 6.61 Å². The van der Waals surface area contributed by atoms with Crippen molar-refractivity contribution in [3.63, 3.8) is 0 Å². The minimum absolute atomic E-state index is 0.583. The lowest BCUT2D eigenvalue weighted by molar-refractivity contribution is 0.423. The van der Waals surface area contributed by atoms with E-state index in [0.717, 1.165) is 6.61 Å². The molecule has 0 aromatic heterocycles. The second kappa shape index (κ2) is 3.16. The number of ether oxygens (including phenoxy) is 1. The Morgan fingerprint density at radius 2 is 1.67 bits per heavy atom. The Morgan fingerprint density at radius 1 is 1.50 bits per heavy atom. The minimum atomic E-state index is 0.583. The van der Waals surface area contributed by atoms with E-state index in [-0.39, 0.29) is 0 Å². The summed E-state index contributed by atoms with van der Waals surface area (Å²) in [6, 6.07) is 0. The van der Waals surface area contributed by atoms with E-state index in [1.807, 2.05) is 13.8 Å². The SMILES string of the molecule is CC.C[C@H]1CO1. The highest BCUT2D eigenvalue weighted by molar-refractivity contribution is 4.58. The first-order chi connectivity index (χ1) is 2.89. The Balaban J connectivity index is 0.000000112. The first kappa shape index (κ1) is 5.96. The molecule has 0 unspecified atom stereocenters.